The number of nitrogens with zero attached hydrogens (tertiary/aromatic N) is 1. The molecule has 4 heteroatoms. The smallest absolute Gasteiger partial charge is 0.147 e. The van der Waals surface area contributed by atoms with Crippen LogP contribution in [0, 0.1) is 17.1 Å². The molecule has 0 bridgehead atoms. The van der Waals surface area contributed by atoms with Crippen molar-refractivity contribution in [2.24, 2.45) is 0 Å². The lowest BCUT2D eigenvalue weighted by molar-refractivity contribution is 0.184. The molecule has 0 aromatic heterocycles. The van der Waals surface area contributed by atoms with Gasteiger partial charge in [-0.25, -0.2) is 4.39 Å². The Bertz CT molecular complexity index is 635. The van der Waals surface area contributed by atoms with Gasteiger partial charge < -0.3 is 10.1 Å². The number of hydrogen-bond donors (Lipinski definition) is 1. The van der Waals surface area contributed by atoms with Crippen LogP contribution in [0.15, 0.2) is 42.5 Å². The van der Waals surface area contributed by atoms with Gasteiger partial charge in [0.05, 0.1) is 23.9 Å². The number of methoxy groups -OCH3 is 1. The number of nitriles is 1. The van der Waals surface area contributed by atoms with Gasteiger partial charge >= 0.3 is 0 Å². The second-order valence-corrected chi connectivity index (χ2v) is 4.36. The van der Waals surface area contributed by atoms with Gasteiger partial charge in [0.25, 0.3) is 0 Å². The topological polar surface area (TPSA) is 45.0 Å². The molecule has 20 heavy (non-hydrogen) atoms. The Morgan fingerprint density at radius 2 is 1.95 bits per heavy atom. The lowest BCUT2D eigenvalue weighted by Crippen LogP contribution is -2.05. The minimum atomic E-state index is -0.423. The molecule has 1 N–H and O–H groups in total. The van der Waals surface area contributed by atoms with E-state index in [0.29, 0.717) is 24.4 Å². The minimum absolute atomic E-state index is 0.313. The molecule has 0 saturated heterocycles. The first-order chi connectivity index (χ1) is 9.74. The number of ether oxygens (including phenoxy) is 1. The molecular weight excluding hydrogens is 255 g/mol. The number of anilines is 1. The molecule has 0 atom stereocenters. The zero-order valence-electron chi connectivity index (χ0n) is 11.2. The van der Waals surface area contributed by atoms with Crippen LogP contribution in [-0.4, -0.2) is 7.11 Å². The van der Waals surface area contributed by atoms with Gasteiger partial charge in [0.15, 0.2) is 0 Å². The van der Waals surface area contributed by atoms with Gasteiger partial charge in [-0.2, -0.15) is 5.26 Å². The Morgan fingerprint density at radius 3 is 2.60 bits per heavy atom. The van der Waals surface area contributed by atoms with Crippen LogP contribution in [0.5, 0.6) is 0 Å². The summed E-state index contributed by atoms with van der Waals surface area (Å²) < 4.78 is 18.9. The molecule has 2 aromatic rings. The van der Waals surface area contributed by atoms with Gasteiger partial charge in [-0.3, -0.25) is 0 Å². The summed E-state index contributed by atoms with van der Waals surface area (Å²) in [5.41, 5.74) is 2.82. The highest BCUT2D eigenvalue weighted by atomic mass is 19.1. The van der Waals surface area contributed by atoms with Crippen LogP contribution >= 0.6 is 0 Å². The van der Waals surface area contributed by atoms with Crippen molar-refractivity contribution < 1.29 is 9.13 Å². The van der Waals surface area contributed by atoms with Gasteiger partial charge in [-0.1, -0.05) is 24.3 Å². The number of rotatable bonds is 5. The SMILES string of the molecule is COCc1ccccc1CNc1ccc(C#N)cc1F. The average molecular weight is 270 g/mol. The third-order valence-corrected chi connectivity index (χ3v) is 2.99. The molecule has 0 radical (unpaired) electrons. The third-order valence-electron chi connectivity index (χ3n) is 2.99. The van der Waals surface area contributed by atoms with Crippen LogP contribution < -0.4 is 5.32 Å². The molecule has 0 aliphatic heterocycles. The van der Waals surface area contributed by atoms with E-state index in [0.717, 1.165) is 11.1 Å². The summed E-state index contributed by atoms with van der Waals surface area (Å²) >= 11 is 0. The van der Waals surface area contributed by atoms with E-state index in [2.05, 4.69) is 5.32 Å². The fraction of sp³-hybridized carbons (Fsp3) is 0.188. The number of nitrogens with one attached hydrogen (secondary N) is 1. The molecule has 0 aliphatic rings. The molecule has 2 aromatic carbocycles. The van der Waals surface area contributed by atoms with Crippen LogP contribution in [0.2, 0.25) is 0 Å². The quantitative estimate of drug-likeness (QED) is 0.905. The van der Waals surface area contributed by atoms with Crippen LogP contribution in [-0.2, 0) is 17.9 Å². The van der Waals surface area contributed by atoms with E-state index >= 15 is 0 Å². The van der Waals surface area contributed by atoms with Gasteiger partial charge in [-0.15, -0.1) is 0 Å². The first-order valence-electron chi connectivity index (χ1n) is 6.24. The monoisotopic (exact) mass is 270 g/mol. The van der Waals surface area contributed by atoms with E-state index in [4.69, 9.17) is 10.00 Å². The van der Waals surface area contributed by atoms with Crippen molar-refractivity contribution in [3.05, 3.63) is 65.0 Å². The molecule has 3 nitrogen and oxygen atoms in total. The van der Waals surface area contributed by atoms with E-state index in [-0.39, 0.29) is 0 Å². The summed E-state index contributed by atoms with van der Waals surface area (Å²) in [6, 6.07) is 14.1. The second kappa shape index (κ2) is 6.69. The molecule has 0 fully saturated rings. The van der Waals surface area contributed by atoms with Gasteiger partial charge in [0.1, 0.15) is 5.82 Å². The lowest BCUT2D eigenvalue weighted by Gasteiger charge is -2.11. The van der Waals surface area contributed by atoms with E-state index in [1.54, 1.807) is 19.2 Å². The Hall–Kier alpha value is -2.38. The van der Waals surface area contributed by atoms with Crippen LogP contribution in [0.4, 0.5) is 10.1 Å². The fourth-order valence-electron chi connectivity index (χ4n) is 1.94. The van der Waals surface area contributed by atoms with Crippen molar-refractivity contribution >= 4 is 5.69 Å². The first-order valence-corrected chi connectivity index (χ1v) is 6.24. The summed E-state index contributed by atoms with van der Waals surface area (Å²) in [4.78, 5) is 0. The molecule has 0 spiro atoms. The molecule has 0 aliphatic carbocycles. The normalized spacial score (nSPS) is 10.1. The van der Waals surface area contributed by atoms with Crippen molar-refractivity contribution in [1.82, 2.24) is 0 Å². The number of halogens is 1. The Morgan fingerprint density at radius 1 is 1.20 bits per heavy atom. The first kappa shape index (κ1) is 14.0. The van der Waals surface area contributed by atoms with E-state index in [1.165, 1.54) is 6.07 Å². The molecular formula is C16H15FN2O. The number of benzene rings is 2. The third kappa shape index (κ3) is 3.34. The molecule has 0 saturated carbocycles. The molecule has 0 unspecified atom stereocenters. The summed E-state index contributed by atoms with van der Waals surface area (Å²) in [5.74, 6) is -0.423. The van der Waals surface area contributed by atoms with E-state index < -0.39 is 5.82 Å². The standard InChI is InChI=1S/C16H15FN2O/c1-20-11-14-5-3-2-4-13(14)10-19-16-7-6-12(9-18)8-15(16)17/h2-8,19H,10-11H2,1H3. The van der Waals surface area contributed by atoms with Crippen molar-refractivity contribution in [2.45, 2.75) is 13.2 Å². The van der Waals surface area contributed by atoms with Crippen molar-refractivity contribution in [3.8, 4) is 6.07 Å². The van der Waals surface area contributed by atoms with Crippen molar-refractivity contribution in [1.29, 1.82) is 5.26 Å². The fourth-order valence-corrected chi connectivity index (χ4v) is 1.94. The van der Waals surface area contributed by atoms with E-state index in [1.807, 2.05) is 30.3 Å². The summed E-state index contributed by atoms with van der Waals surface area (Å²) in [5, 5.41) is 11.7. The maximum atomic E-state index is 13.8. The van der Waals surface area contributed by atoms with Gasteiger partial charge in [-0.05, 0) is 29.3 Å². The van der Waals surface area contributed by atoms with Crippen LogP contribution in [0.25, 0.3) is 0 Å². The van der Waals surface area contributed by atoms with E-state index in [9.17, 15) is 4.39 Å². The minimum Gasteiger partial charge on any atom is -0.380 e. The van der Waals surface area contributed by atoms with Crippen molar-refractivity contribution in [3.63, 3.8) is 0 Å². The maximum Gasteiger partial charge on any atom is 0.147 e. The maximum absolute atomic E-state index is 13.8. The summed E-state index contributed by atoms with van der Waals surface area (Å²) in [7, 11) is 1.64. The Kier molecular flexibility index (Phi) is 4.70. The second-order valence-electron chi connectivity index (χ2n) is 4.36. The highest BCUT2D eigenvalue weighted by Crippen LogP contribution is 2.18. The highest BCUT2D eigenvalue weighted by molar-refractivity contribution is 5.49. The van der Waals surface area contributed by atoms with Gasteiger partial charge in [0, 0.05) is 13.7 Å². The molecule has 0 amide bonds. The van der Waals surface area contributed by atoms with Crippen molar-refractivity contribution in [2.75, 3.05) is 12.4 Å². The lowest BCUT2D eigenvalue weighted by atomic mass is 10.1. The van der Waals surface area contributed by atoms with Crippen LogP contribution in [0.1, 0.15) is 16.7 Å². The van der Waals surface area contributed by atoms with Gasteiger partial charge in [0.2, 0.25) is 0 Å². The zero-order valence-corrected chi connectivity index (χ0v) is 11.2. The summed E-state index contributed by atoms with van der Waals surface area (Å²) in [6.45, 7) is 1.02. The Balaban J connectivity index is 2.11. The zero-order chi connectivity index (χ0) is 14.4. The number of hydrogen-bond acceptors (Lipinski definition) is 3. The summed E-state index contributed by atoms with van der Waals surface area (Å²) in [6.07, 6.45) is 0. The molecule has 2 rings (SSSR count). The predicted molar refractivity (Wildman–Crippen MR) is 75.6 cm³/mol. The predicted octanol–water partition coefficient (Wildman–Crippen LogP) is 3.46. The highest BCUT2D eigenvalue weighted by Gasteiger charge is 2.05. The molecule has 102 valence electrons. The Labute approximate surface area is 117 Å². The largest absolute Gasteiger partial charge is 0.380 e. The molecule has 0 heterocycles. The average Bonchev–Trinajstić information content (AvgIpc) is 2.47. The van der Waals surface area contributed by atoms with Crippen LogP contribution in [0.3, 0.4) is 0 Å².